The van der Waals surface area contributed by atoms with Crippen molar-refractivity contribution in [1.82, 2.24) is 6.15 Å². The van der Waals surface area contributed by atoms with Gasteiger partial charge in [-0.15, -0.1) is 0 Å². The van der Waals surface area contributed by atoms with Crippen LogP contribution in [-0.2, 0) is 23.7 Å². The van der Waals surface area contributed by atoms with Gasteiger partial charge in [-0.25, -0.2) is 4.79 Å². The van der Waals surface area contributed by atoms with Crippen molar-refractivity contribution in [3.05, 3.63) is 30.3 Å². The summed E-state index contributed by atoms with van der Waals surface area (Å²) in [7, 11) is 0. The highest BCUT2D eigenvalue weighted by Gasteiger charge is 2.11. The monoisotopic (exact) mass is 515 g/mol. The molecule has 0 amide bonds. The molecule has 0 radical (unpaired) electrons. The van der Waals surface area contributed by atoms with Gasteiger partial charge in [0.2, 0.25) is 0 Å². The molecule has 1 atom stereocenters. The average Bonchev–Trinajstić information content (AvgIpc) is 2.86. The van der Waals surface area contributed by atoms with Crippen LogP contribution in [0.1, 0.15) is 78.6 Å². The van der Waals surface area contributed by atoms with Crippen molar-refractivity contribution in [2.75, 3.05) is 52.9 Å². The lowest BCUT2D eigenvalue weighted by Gasteiger charge is -2.19. The molecule has 0 aliphatic heterocycles. The molecule has 8 nitrogen and oxygen atoms in total. The maximum Gasteiger partial charge on any atom is 0.329 e. The number of carboxylic acids is 1. The molecule has 0 aromatic heterocycles. The highest BCUT2D eigenvalue weighted by Crippen LogP contribution is 2.16. The van der Waals surface area contributed by atoms with E-state index in [1.54, 1.807) is 6.92 Å². The Labute approximate surface area is 219 Å². The van der Waals surface area contributed by atoms with Gasteiger partial charge in [0, 0.05) is 13.2 Å². The second-order valence-corrected chi connectivity index (χ2v) is 8.23. The minimum Gasteiger partial charge on any atom is -0.488 e. The SMILES string of the molecule is CCCCCCCCCCC(COCCOCCOCC)Oc1ccccc1.CCOCC(=O)O.N. The maximum atomic E-state index is 9.63. The van der Waals surface area contributed by atoms with Crippen LogP contribution in [0.5, 0.6) is 5.75 Å². The molecule has 0 heterocycles. The van der Waals surface area contributed by atoms with Crippen molar-refractivity contribution < 1.29 is 33.6 Å². The number of unbranched alkanes of at least 4 members (excludes halogenated alkanes) is 7. The number of para-hydroxylation sites is 1. The van der Waals surface area contributed by atoms with Crippen molar-refractivity contribution in [2.24, 2.45) is 0 Å². The third-order valence-corrected chi connectivity index (χ3v) is 5.11. The average molecular weight is 516 g/mol. The van der Waals surface area contributed by atoms with Gasteiger partial charge >= 0.3 is 5.97 Å². The van der Waals surface area contributed by atoms with E-state index < -0.39 is 5.97 Å². The lowest BCUT2D eigenvalue weighted by atomic mass is 10.1. The summed E-state index contributed by atoms with van der Waals surface area (Å²) in [5.41, 5.74) is 0. The predicted octanol–water partition coefficient (Wildman–Crippen LogP) is 6.30. The molecule has 1 unspecified atom stereocenters. The van der Waals surface area contributed by atoms with E-state index in [-0.39, 0.29) is 18.9 Å². The largest absolute Gasteiger partial charge is 0.488 e. The third-order valence-electron chi connectivity index (χ3n) is 5.11. The van der Waals surface area contributed by atoms with Crippen molar-refractivity contribution in [3.63, 3.8) is 0 Å². The zero-order chi connectivity index (χ0) is 25.8. The Balaban J connectivity index is 0. The van der Waals surface area contributed by atoms with Gasteiger partial charge < -0.3 is 34.9 Å². The zero-order valence-electron chi connectivity index (χ0n) is 23.1. The summed E-state index contributed by atoms with van der Waals surface area (Å²) in [5, 5.41) is 7.92. The first-order valence-corrected chi connectivity index (χ1v) is 13.4. The second-order valence-electron chi connectivity index (χ2n) is 8.23. The molecule has 0 saturated heterocycles. The predicted molar refractivity (Wildman–Crippen MR) is 145 cm³/mol. The number of hydrogen-bond donors (Lipinski definition) is 2. The fourth-order valence-electron chi connectivity index (χ4n) is 3.26. The van der Waals surface area contributed by atoms with Crippen LogP contribution in [-0.4, -0.2) is 70.0 Å². The van der Waals surface area contributed by atoms with Gasteiger partial charge in [-0.1, -0.05) is 70.1 Å². The molecule has 0 aliphatic rings. The molecule has 4 N–H and O–H groups in total. The molecule has 0 fully saturated rings. The lowest BCUT2D eigenvalue weighted by Crippen LogP contribution is -2.24. The number of carboxylic acid groups (broad SMARTS) is 1. The minimum absolute atomic E-state index is 0. The quantitative estimate of drug-likeness (QED) is 0.163. The van der Waals surface area contributed by atoms with Crippen LogP contribution in [0.4, 0.5) is 0 Å². The van der Waals surface area contributed by atoms with Crippen LogP contribution < -0.4 is 10.9 Å². The Kier molecular flexibility index (Phi) is 29.9. The first-order valence-electron chi connectivity index (χ1n) is 13.4. The normalized spacial score (nSPS) is 11.2. The van der Waals surface area contributed by atoms with Gasteiger partial charge in [0.05, 0.1) is 33.0 Å². The standard InChI is InChI=1S/C24H42O4.C4H8O3.H3N/c1-3-5-6-7-8-9-10-12-17-24(28-23-15-13-11-14-16-23)22-27-21-20-26-19-18-25-4-2;1-2-7-3-4(5)6;/h11,13-16,24H,3-10,12,17-22H2,1-2H3;2-3H2,1H3,(H,5,6);1H3. The number of benzene rings is 1. The number of hydrogen-bond acceptors (Lipinski definition) is 7. The van der Waals surface area contributed by atoms with Crippen LogP contribution in [0.2, 0.25) is 0 Å². The summed E-state index contributed by atoms with van der Waals surface area (Å²) in [6.07, 6.45) is 11.8. The molecule has 1 rings (SSSR count). The Morgan fingerprint density at radius 2 is 1.31 bits per heavy atom. The highest BCUT2D eigenvalue weighted by atomic mass is 16.6. The van der Waals surface area contributed by atoms with E-state index in [1.807, 2.05) is 37.3 Å². The third kappa shape index (κ3) is 26.9. The molecule has 0 saturated carbocycles. The van der Waals surface area contributed by atoms with Crippen LogP contribution in [0.3, 0.4) is 0 Å². The fourth-order valence-corrected chi connectivity index (χ4v) is 3.26. The van der Waals surface area contributed by atoms with Crippen LogP contribution in [0.25, 0.3) is 0 Å². The van der Waals surface area contributed by atoms with Gasteiger partial charge in [0.25, 0.3) is 0 Å². The first-order chi connectivity index (χ1) is 17.1. The Morgan fingerprint density at radius 3 is 1.86 bits per heavy atom. The smallest absolute Gasteiger partial charge is 0.329 e. The number of rotatable bonds is 23. The summed E-state index contributed by atoms with van der Waals surface area (Å²) < 4.78 is 27.2. The summed E-state index contributed by atoms with van der Waals surface area (Å²) >= 11 is 0. The molecule has 0 bridgehead atoms. The van der Waals surface area contributed by atoms with Crippen molar-refractivity contribution in [3.8, 4) is 5.75 Å². The maximum absolute atomic E-state index is 9.63. The zero-order valence-corrected chi connectivity index (χ0v) is 23.1. The summed E-state index contributed by atoms with van der Waals surface area (Å²) in [6.45, 7) is 10.1. The lowest BCUT2D eigenvalue weighted by molar-refractivity contribution is -0.142. The van der Waals surface area contributed by atoms with E-state index >= 15 is 0 Å². The molecule has 0 aliphatic carbocycles. The van der Waals surface area contributed by atoms with Gasteiger partial charge in [-0.05, 0) is 38.8 Å². The van der Waals surface area contributed by atoms with Crippen LogP contribution in [0, 0.1) is 0 Å². The van der Waals surface area contributed by atoms with Crippen molar-refractivity contribution in [2.45, 2.75) is 84.7 Å². The van der Waals surface area contributed by atoms with Gasteiger partial charge in [-0.3, -0.25) is 0 Å². The van der Waals surface area contributed by atoms with E-state index in [2.05, 4.69) is 11.7 Å². The van der Waals surface area contributed by atoms with E-state index in [4.69, 9.17) is 24.1 Å². The van der Waals surface area contributed by atoms with Crippen molar-refractivity contribution >= 4 is 5.97 Å². The topological polar surface area (TPSA) is 118 Å². The molecule has 1 aromatic carbocycles. The molecular weight excluding hydrogens is 462 g/mol. The first kappa shape index (κ1) is 36.4. The van der Waals surface area contributed by atoms with Crippen LogP contribution in [0.15, 0.2) is 30.3 Å². The van der Waals surface area contributed by atoms with E-state index in [1.165, 1.54) is 51.4 Å². The molecule has 212 valence electrons. The van der Waals surface area contributed by atoms with E-state index in [0.717, 1.165) is 18.8 Å². The number of aliphatic carboxylic acids is 1. The number of carbonyl (C=O) groups is 1. The van der Waals surface area contributed by atoms with Crippen molar-refractivity contribution in [1.29, 1.82) is 0 Å². The Morgan fingerprint density at radius 1 is 0.750 bits per heavy atom. The molecule has 36 heavy (non-hydrogen) atoms. The van der Waals surface area contributed by atoms with Gasteiger partial charge in [0.15, 0.2) is 0 Å². The Bertz CT molecular complexity index is 540. The molecule has 1 aromatic rings. The summed E-state index contributed by atoms with van der Waals surface area (Å²) in [4.78, 5) is 9.63. The molecule has 0 spiro atoms. The van der Waals surface area contributed by atoms with Crippen LogP contribution >= 0.6 is 0 Å². The fraction of sp³-hybridized carbons (Fsp3) is 0.750. The van der Waals surface area contributed by atoms with Gasteiger partial charge in [-0.2, -0.15) is 0 Å². The number of ether oxygens (including phenoxy) is 5. The molecular formula is C28H53NO7. The second kappa shape index (κ2) is 29.5. The summed E-state index contributed by atoms with van der Waals surface area (Å²) in [5.74, 6) is 0.00507. The van der Waals surface area contributed by atoms with E-state index in [0.29, 0.717) is 39.6 Å². The van der Waals surface area contributed by atoms with E-state index in [9.17, 15) is 4.79 Å². The Hall–Kier alpha value is -1.71. The molecule has 8 heteroatoms. The summed E-state index contributed by atoms with van der Waals surface area (Å²) in [6, 6.07) is 10.1. The van der Waals surface area contributed by atoms with Gasteiger partial charge in [0.1, 0.15) is 18.5 Å². The highest BCUT2D eigenvalue weighted by molar-refractivity contribution is 5.67. The minimum atomic E-state index is -0.915.